The smallest absolute Gasteiger partial charge is 0.335 e. The lowest BCUT2D eigenvalue weighted by molar-refractivity contribution is -0.128. The maximum absolute atomic E-state index is 12.3. The number of rotatable bonds is 4. The molecular formula is C19H19N3O3. The SMILES string of the molecule is Cc1ccc2nc(-c3ccc(C(=O)O)cc3)c(CC(=O)N(C)C)n2c1. The minimum Gasteiger partial charge on any atom is -0.478 e. The summed E-state index contributed by atoms with van der Waals surface area (Å²) in [7, 11) is 3.44. The molecule has 0 aliphatic heterocycles. The monoisotopic (exact) mass is 337 g/mol. The van der Waals surface area contributed by atoms with E-state index in [1.54, 1.807) is 43.3 Å². The van der Waals surface area contributed by atoms with Crippen LogP contribution in [0.5, 0.6) is 0 Å². The Hall–Kier alpha value is -3.15. The van der Waals surface area contributed by atoms with Crippen LogP contribution in [0.1, 0.15) is 21.6 Å². The van der Waals surface area contributed by atoms with E-state index in [4.69, 9.17) is 5.11 Å². The largest absolute Gasteiger partial charge is 0.478 e. The van der Waals surface area contributed by atoms with Crippen LogP contribution in [0, 0.1) is 6.92 Å². The molecule has 0 atom stereocenters. The number of fused-ring (bicyclic) bond motifs is 1. The van der Waals surface area contributed by atoms with Gasteiger partial charge >= 0.3 is 5.97 Å². The third kappa shape index (κ3) is 3.24. The van der Waals surface area contributed by atoms with Crippen molar-refractivity contribution in [1.29, 1.82) is 0 Å². The second-order valence-corrected chi connectivity index (χ2v) is 6.19. The molecule has 0 radical (unpaired) electrons. The zero-order valence-electron chi connectivity index (χ0n) is 14.4. The van der Waals surface area contributed by atoms with Crippen LogP contribution < -0.4 is 0 Å². The number of carbonyl (C=O) groups excluding carboxylic acids is 1. The second kappa shape index (κ2) is 6.39. The molecule has 6 nitrogen and oxygen atoms in total. The summed E-state index contributed by atoms with van der Waals surface area (Å²) in [5, 5.41) is 9.06. The lowest BCUT2D eigenvalue weighted by Gasteiger charge is -2.11. The Morgan fingerprint density at radius 1 is 1.12 bits per heavy atom. The van der Waals surface area contributed by atoms with Gasteiger partial charge in [-0.1, -0.05) is 18.2 Å². The average molecular weight is 337 g/mol. The van der Waals surface area contributed by atoms with E-state index in [1.165, 1.54) is 0 Å². The van der Waals surface area contributed by atoms with Crippen LogP contribution in [-0.2, 0) is 11.2 Å². The average Bonchev–Trinajstić information content (AvgIpc) is 2.92. The molecule has 3 aromatic rings. The van der Waals surface area contributed by atoms with Crippen molar-refractivity contribution in [3.8, 4) is 11.3 Å². The summed E-state index contributed by atoms with van der Waals surface area (Å²) < 4.78 is 1.93. The Bertz CT molecular complexity index is 956. The number of aromatic carboxylic acids is 1. The molecular weight excluding hydrogens is 318 g/mol. The van der Waals surface area contributed by atoms with Gasteiger partial charge in [0, 0.05) is 25.9 Å². The number of imidazole rings is 1. The number of likely N-dealkylation sites (N-methyl/N-ethyl adjacent to an activating group) is 1. The lowest BCUT2D eigenvalue weighted by Crippen LogP contribution is -2.24. The van der Waals surface area contributed by atoms with Gasteiger partial charge in [-0.3, -0.25) is 4.79 Å². The number of carbonyl (C=O) groups is 2. The molecule has 3 rings (SSSR count). The highest BCUT2D eigenvalue weighted by Crippen LogP contribution is 2.26. The zero-order valence-corrected chi connectivity index (χ0v) is 14.4. The molecule has 6 heteroatoms. The first-order valence-electron chi connectivity index (χ1n) is 7.88. The molecule has 128 valence electrons. The summed E-state index contributed by atoms with van der Waals surface area (Å²) in [6, 6.07) is 10.4. The van der Waals surface area contributed by atoms with E-state index in [9.17, 15) is 9.59 Å². The van der Waals surface area contributed by atoms with Crippen LogP contribution in [0.25, 0.3) is 16.9 Å². The second-order valence-electron chi connectivity index (χ2n) is 6.19. The first-order valence-corrected chi connectivity index (χ1v) is 7.88. The molecule has 2 aromatic heterocycles. The minimum absolute atomic E-state index is 0.0216. The fourth-order valence-corrected chi connectivity index (χ4v) is 2.67. The quantitative estimate of drug-likeness (QED) is 0.794. The number of hydrogen-bond acceptors (Lipinski definition) is 3. The fraction of sp³-hybridized carbons (Fsp3) is 0.211. The number of benzene rings is 1. The molecule has 0 spiro atoms. The van der Waals surface area contributed by atoms with Crippen molar-refractivity contribution >= 4 is 17.5 Å². The number of carboxylic acids is 1. The molecule has 1 N–H and O–H groups in total. The number of carboxylic acid groups (broad SMARTS) is 1. The lowest BCUT2D eigenvalue weighted by atomic mass is 10.1. The number of aryl methyl sites for hydroxylation is 1. The normalized spacial score (nSPS) is 10.8. The van der Waals surface area contributed by atoms with Crippen LogP contribution in [0.3, 0.4) is 0 Å². The number of hydrogen-bond donors (Lipinski definition) is 1. The van der Waals surface area contributed by atoms with Gasteiger partial charge in [-0.05, 0) is 30.7 Å². The molecule has 0 aliphatic carbocycles. The van der Waals surface area contributed by atoms with E-state index in [1.807, 2.05) is 29.7 Å². The Balaban J connectivity index is 2.15. The zero-order chi connectivity index (χ0) is 18.1. The summed E-state index contributed by atoms with van der Waals surface area (Å²) >= 11 is 0. The first kappa shape index (κ1) is 16.7. The molecule has 0 aliphatic rings. The van der Waals surface area contributed by atoms with Gasteiger partial charge in [0.25, 0.3) is 0 Å². The molecule has 0 bridgehead atoms. The molecule has 0 saturated carbocycles. The standard InChI is InChI=1S/C19H19N3O3/c1-12-4-9-16-20-18(13-5-7-14(8-6-13)19(24)25)15(22(16)11-12)10-17(23)21(2)3/h4-9,11H,10H2,1-3H3,(H,24,25). The maximum Gasteiger partial charge on any atom is 0.335 e. The third-order valence-corrected chi connectivity index (χ3v) is 4.09. The summed E-state index contributed by atoms with van der Waals surface area (Å²) in [4.78, 5) is 29.5. The van der Waals surface area contributed by atoms with E-state index >= 15 is 0 Å². The van der Waals surface area contributed by atoms with Crippen molar-refractivity contribution < 1.29 is 14.7 Å². The van der Waals surface area contributed by atoms with E-state index in [0.29, 0.717) is 5.69 Å². The third-order valence-electron chi connectivity index (χ3n) is 4.09. The Morgan fingerprint density at radius 2 is 1.80 bits per heavy atom. The molecule has 1 aromatic carbocycles. The van der Waals surface area contributed by atoms with Crippen LogP contribution in [0.15, 0.2) is 42.6 Å². The van der Waals surface area contributed by atoms with E-state index in [2.05, 4.69) is 4.98 Å². The highest BCUT2D eigenvalue weighted by atomic mass is 16.4. The van der Waals surface area contributed by atoms with Crippen molar-refractivity contribution in [3.05, 3.63) is 59.4 Å². The van der Waals surface area contributed by atoms with Crippen LogP contribution in [-0.4, -0.2) is 45.4 Å². The number of amides is 1. The number of aromatic nitrogens is 2. The minimum atomic E-state index is -0.972. The molecule has 2 heterocycles. The molecule has 1 amide bonds. The summed E-state index contributed by atoms with van der Waals surface area (Å²) in [5.74, 6) is -0.994. The molecule has 25 heavy (non-hydrogen) atoms. The molecule has 0 saturated heterocycles. The van der Waals surface area contributed by atoms with Gasteiger partial charge in [-0.25, -0.2) is 9.78 Å². The highest BCUT2D eigenvalue weighted by Gasteiger charge is 2.18. The summed E-state index contributed by atoms with van der Waals surface area (Å²) in [6.07, 6.45) is 2.17. The van der Waals surface area contributed by atoms with Gasteiger partial charge in [0.1, 0.15) is 5.65 Å². The van der Waals surface area contributed by atoms with Gasteiger partial charge in [0.2, 0.25) is 5.91 Å². The van der Waals surface area contributed by atoms with Gasteiger partial charge < -0.3 is 14.4 Å². The van der Waals surface area contributed by atoms with Crippen molar-refractivity contribution in [1.82, 2.24) is 14.3 Å². The van der Waals surface area contributed by atoms with E-state index < -0.39 is 5.97 Å². The van der Waals surface area contributed by atoms with Gasteiger partial charge in [-0.2, -0.15) is 0 Å². The van der Waals surface area contributed by atoms with Crippen LogP contribution in [0.2, 0.25) is 0 Å². The van der Waals surface area contributed by atoms with Gasteiger partial charge in [0.15, 0.2) is 0 Å². The predicted octanol–water partition coefficient (Wildman–Crippen LogP) is 2.64. The Labute approximate surface area is 145 Å². The Morgan fingerprint density at radius 3 is 2.40 bits per heavy atom. The Kier molecular flexibility index (Phi) is 4.27. The van der Waals surface area contributed by atoms with Crippen molar-refractivity contribution in [2.24, 2.45) is 0 Å². The van der Waals surface area contributed by atoms with Crippen LogP contribution >= 0.6 is 0 Å². The molecule has 0 unspecified atom stereocenters. The van der Waals surface area contributed by atoms with Crippen LogP contribution in [0.4, 0.5) is 0 Å². The molecule has 0 fully saturated rings. The van der Waals surface area contributed by atoms with Gasteiger partial charge in [0.05, 0.1) is 23.4 Å². The summed E-state index contributed by atoms with van der Waals surface area (Å²) in [5.41, 5.74) is 4.31. The summed E-state index contributed by atoms with van der Waals surface area (Å²) in [6.45, 7) is 1.98. The highest BCUT2D eigenvalue weighted by molar-refractivity contribution is 5.88. The van der Waals surface area contributed by atoms with Crippen molar-refractivity contribution in [2.75, 3.05) is 14.1 Å². The number of pyridine rings is 1. The predicted molar refractivity (Wildman–Crippen MR) is 94.7 cm³/mol. The number of nitrogens with zero attached hydrogens (tertiary/aromatic N) is 3. The maximum atomic E-state index is 12.3. The van der Waals surface area contributed by atoms with Gasteiger partial charge in [-0.15, -0.1) is 0 Å². The fourth-order valence-electron chi connectivity index (χ4n) is 2.67. The van der Waals surface area contributed by atoms with E-state index in [0.717, 1.165) is 22.5 Å². The van der Waals surface area contributed by atoms with Crippen molar-refractivity contribution in [2.45, 2.75) is 13.3 Å². The first-order chi connectivity index (χ1) is 11.9. The topological polar surface area (TPSA) is 74.9 Å². The van der Waals surface area contributed by atoms with Crippen molar-refractivity contribution in [3.63, 3.8) is 0 Å². The van der Waals surface area contributed by atoms with E-state index in [-0.39, 0.29) is 17.9 Å².